The van der Waals surface area contributed by atoms with Gasteiger partial charge in [-0.2, -0.15) is 0 Å². The van der Waals surface area contributed by atoms with E-state index in [4.69, 9.17) is 4.33 Å². The van der Waals surface area contributed by atoms with Crippen LogP contribution in [0.25, 0.3) is 11.0 Å². The molecule has 1 aromatic carbocycles. The fourth-order valence-corrected chi connectivity index (χ4v) is 1.11. The van der Waals surface area contributed by atoms with Crippen LogP contribution in [0.1, 0.15) is 10.4 Å². The van der Waals surface area contributed by atoms with Crippen LogP contribution < -0.4 is 0 Å². The van der Waals surface area contributed by atoms with Crippen LogP contribution in [0.2, 0.25) is 0 Å². The molecule has 0 aliphatic rings. The van der Waals surface area contributed by atoms with Crippen molar-refractivity contribution in [3.63, 3.8) is 0 Å². The Kier molecular flexibility index (Phi) is 1.35. The SMILES string of the molecule is O=Cc1cccc2cboc12. The van der Waals surface area contributed by atoms with Crippen LogP contribution in [0.4, 0.5) is 0 Å². The van der Waals surface area contributed by atoms with Crippen molar-refractivity contribution in [3.8, 4) is 0 Å². The Labute approximate surface area is 64.1 Å². The van der Waals surface area contributed by atoms with E-state index in [0.717, 1.165) is 11.7 Å². The van der Waals surface area contributed by atoms with E-state index in [1.807, 2.05) is 18.1 Å². The van der Waals surface area contributed by atoms with E-state index in [-0.39, 0.29) is 0 Å². The third kappa shape index (κ3) is 0.890. The van der Waals surface area contributed by atoms with Crippen molar-refractivity contribution in [1.82, 2.24) is 0 Å². The molecule has 2 aromatic rings. The van der Waals surface area contributed by atoms with E-state index in [1.165, 1.54) is 0 Å². The standard InChI is InChI=1S/C8H5BO2/c10-5-7-3-1-2-6-4-9-11-8(6)7/h1-5H. The molecule has 0 N–H and O–H groups in total. The first kappa shape index (κ1) is 6.34. The van der Waals surface area contributed by atoms with Gasteiger partial charge in [0.05, 0.1) is 0 Å². The average molecular weight is 144 g/mol. The maximum atomic E-state index is 10.5. The number of fused-ring (bicyclic) bond motifs is 1. The van der Waals surface area contributed by atoms with E-state index in [2.05, 4.69) is 0 Å². The molecule has 0 aliphatic carbocycles. The summed E-state index contributed by atoms with van der Waals surface area (Å²) >= 11 is 0. The van der Waals surface area contributed by atoms with Gasteiger partial charge in [-0.1, -0.05) is 0 Å². The first-order chi connectivity index (χ1) is 5.42. The molecule has 52 valence electrons. The Morgan fingerprint density at radius 1 is 1.45 bits per heavy atom. The Morgan fingerprint density at radius 2 is 2.36 bits per heavy atom. The van der Waals surface area contributed by atoms with Crippen LogP contribution in [0.15, 0.2) is 28.5 Å². The van der Waals surface area contributed by atoms with Gasteiger partial charge in [-0.15, -0.1) is 0 Å². The van der Waals surface area contributed by atoms with E-state index >= 15 is 0 Å². The topological polar surface area (TPSA) is 30.2 Å². The van der Waals surface area contributed by atoms with Gasteiger partial charge in [0.25, 0.3) is 0 Å². The maximum absolute atomic E-state index is 10.5. The molecule has 2 rings (SSSR count). The van der Waals surface area contributed by atoms with Crippen molar-refractivity contribution < 1.29 is 9.13 Å². The summed E-state index contributed by atoms with van der Waals surface area (Å²) in [7, 11) is 1.58. The van der Waals surface area contributed by atoms with Gasteiger partial charge in [0.2, 0.25) is 0 Å². The second-order valence-corrected chi connectivity index (χ2v) is 2.30. The zero-order valence-electron chi connectivity index (χ0n) is 5.78. The summed E-state index contributed by atoms with van der Waals surface area (Å²) < 4.78 is 5.11. The number of benzene rings is 1. The van der Waals surface area contributed by atoms with Crippen LogP contribution in [-0.4, -0.2) is 13.4 Å². The molecule has 3 heteroatoms. The van der Waals surface area contributed by atoms with Gasteiger partial charge in [0.15, 0.2) is 0 Å². The number of carbonyl (C=O) groups is 1. The summed E-state index contributed by atoms with van der Waals surface area (Å²) in [6.07, 6.45) is 0.797. The Balaban J connectivity index is 2.88. The minimum absolute atomic E-state index is 0.604. The summed E-state index contributed by atoms with van der Waals surface area (Å²) in [5.41, 5.74) is 1.27. The molecule has 1 aromatic heterocycles. The molecule has 0 radical (unpaired) electrons. The molecule has 0 bridgehead atoms. The van der Waals surface area contributed by atoms with E-state index in [1.54, 1.807) is 13.2 Å². The molecule has 1 heterocycles. The van der Waals surface area contributed by atoms with Crippen LogP contribution in [0.5, 0.6) is 0 Å². The first-order valence-corrected chi connectivity index (χ1v) is 3.33. The number of hydrogen-bond donors (Lipinski definition) is 0. The van der Waals surface area contributed by atoms with Gasteiger partial charge in [0.1, 0.15) is 0 Å². The molecule has 11 heavy (non-hydrogen) atoms. The van der Waals surface area contributed by atoms with E-state index < -0.39 is 0 Å². The Morgan fingerprint density at radius 3 is 3.18 bits per heavy atom. The van der Waals surface area contributed by atoms with Gasteiger partial charge < -0.3 is 0 Å². The van der Waals surface area contributed by atoms with Gasteiger partial charge in [-0.25, -0.2) is 0 Å². The monoisotopic (exact) mass is 144 g/mol. The predicted molar refractivity (Wildman–Crippen MR) is 42.9 cm³/mol. The number of carbonyl (C=O) groups excluding carboxylic acids is 1. The third-order valence-electron chi connectivity index (χ3n) is 1.64. The normalized spacial score (nSPS) is 9.82. The van der Waals surface area contributed by atoms with Gasteiger partial charge >= 0.3 is 63.2 Å². The van der Waals surface area contributed by atoms with Gasteiger partial charge in [-0.05, 0) is 0 Å². The van der Waals surface area contributed by atoms with Crippen molar-refractivity contribution in [2.75, 3.05) is 0 Å². The van der Waals surface area contributed by atoms with Gasteiger partial charge in [-0.3, -0.25) is 0 Å². The second kappa shape index (κ2) is 2.34. The molecule has 2 nitrogen and oxygen atoms in total. The third-order valence-corrected chi connectivity index (χ3v) is 1.64. The average Bonchev–Trinajstić information content (AvgIpc) is 2.50. The molecule has 0 saturated heterocycles. The summed E-state index contributed by atoms with van der Waals surface area (Å²) in [6.45, 7) is 0. The number of para-hydroxylation sites is 1. The quantitative estimate of drug-likeness (QED) is 0.568. The van der Waals surface area contributed by atoms with Crippen molar-refractivity contribution in [3.05, 3.63) is 29.7 Å². The van der Waals surface area contributed by atoms with Crippen molar-refractivity contribution >= 4 is 24.4 Å². The summed E-state index contributed by atoms with van der Waals surface area (Å²) in [4.78, 5) is 10.5. The van der Waals surface area contributed by atoms with Crippen LogP contribution in [0.3, 0.4) is 0 Å². The number of hydrogen-bond acceptors (Lipinski definition) is 2. The molecule has 0 unspecified atom stereocenters. The van der Waals surface area contributed by atoms with E-state index in [9.17, 15) is 4.79 Å². The predicted octanol–water partition coefficient (Wildman–Crippen LogP) is 1.58. The Hall–Kier alpha value is -1.38. The summed E-state index contributed by atoms with van der Waals surface area (Å²) in [6, 6.07) is 5.48. The second-order valence-electron chi connectivity index (χ2n) is 2.30. The van der Waals surface area contributed by atoms with Crippen molar-refractivity contribution in [2.24, 2.45) is 0 Å². The molecule has 0 spiro atoms. The summed E-state index contributed by atoms with van der Waals surface area (Å²) in [5, 5.41) is 0.967. The van der Waals surface area contributed by atoms with Crippen LogP contribution in [-0.2, 0) is 0 Å². The molecule has 0 saturated carbocycles. The first-order valence-electron chi connectivity index (χ1n) is 3.33. The molecule has 0 amide bonds. The molecular formula is C8H5BO2. The molecule has 0 atom stereocenters. The zero-order valence-corrected chi connectivity index (χ0v) is 5.78. The minimum atomic E-state index is 0.604. The fourth-order valence-electron chi connectivity index (χ4n) is 1.11. The van der Waals surface area contributed by atoms with Crippen molar-refractivity contribution in [1.29, 1.82) is 0 Å². The number of rotatable bonds is 1. The van der Waals surface area contributed by atoms with E-state index in [0.29, 0.717) is 11.1 Å². The zero-order chi connectivity index (χ0) is 7.68. The van der Waals surface area contributed by atoms with Crippen molar-refractivity contribution in [2.45, 2.75) is 0 Å². The fraction of sp³-hybridized carbons (Fsp3) is 0. The molecule has 0 aliphatic heterocycles. The summed E-state index contributed by atoms with van der Waals surface area (Å²) in [5.74, 6) is 1.84. The van der Waals surface area contributed by atoms with Crippen LogP contribution >= 0.6 is 0 Å². The molecular weight excluding hydrogens is 139 g/mol. The van der Waals surface area contributed by atoms with Gasteiger partial charge in [0, 0.05) is 0 Å². The molecule has 0 fully saturated rings. The number of aldehydes is 1. The van der Waals surface area contributed by atoms with Crippen LogP contribution in [0, 0.1) is 0 Å². The Bertz CT molecular complexity index is 392.